The highest BCUT2D eigenvalue weighted by Crippen LogP contribution is 2.22. The minimum absolute atomic E-state index is 0.157. The van der Waals surface area contributed by atoms with Crippen molar-refractivity contribution in [1.29, 1.82) is 0 Å². The number of aryl methyl sites for hydroxylation is 2. The molecule has 0 aliphatic carbocycles. The Kier molecular flexibility index (Phi) is 4.86. The smallest absolute Gasteiger partial charge is 0.267 e. The van der Waals surface area contributed by atoms with E-state index in [4.69, 9.17) is 4.74 Å². The third-order valence-corrected chi connectivity index (χ3v) is 3.56. The van der Waals surface area contributed by atoms with Crippen LogP contribution in [0.5, 0.6) is 5.75 Å². The summed E-state index contributed by atoms with van der Waals surface area (Å²) in [5.74, 6) is 0.541. The van der Waals surface area contributed by atoms with Gasteiger partial charge >= 0.3 is 0 Å². The largest absolute Gasteiger partial charge is 0.478 e. The molecule has 0 radical (unpaired) electrons. The lowest BCUT2D eigenvalue weighted by Gasteiger charge is -2.26. The molecule has 0 spiro atoms. The zero-order valence-electron chi connectivity index (χ0n) is 13.6. The molecule has 1 N–H and O–H groups in total. The van der Waals surface area contributed by atoms with E-state index in [0.29, 0.717) is 5.75 Å². The van der Waals surface area contributed by atoms with Gasteiger partial charge in [-0.2, -0.15) is 0 Å². The lowest BCUT2D eigenvalue weighted by molar-refractivity contribution is -0.128. The number of nitrogens with one attached hydrogen (secondary N) is 1. The second-order valence-corrected chi connectivity index (χ2v) is 5.89. The van der Waals surface area contributed by atoms with Crippen LogP contribution in [0.1, 0.15) is 31.9 Å². The number of para-hydroxylation sites is 1. The second-order valence-electron chi connectivity index (χ2n) is 5.89. The Morgan fingerprint density at radius 1 is 1.14 bits per heavy atom. The molecule has 0 aromatic heterocycles. The van der Waals surface area contributed by atoms with Crippen LogP contribution >= 0.6 is 0 Å². The molecule has 0 atom stereocenters. The molecule has 116 valence electrons. The maximum atomic E-state index is 12.6. The van der Waals surface area contributed by atoms with Crippen molar-refractivity contribution in [3.63, 3.8) is 0 Å². The van der Waals surface area contributed by atoms with Gasteiger partial charge in [0.1, 0.15) is 5.75 Å². The van der Waals surface area contributed by atoms with E-state index in [1.807, 2.05) is 55.5 Å². The van der Waals surface area contributed by atoms with Crippen molar-refractivity contribution in [3.05, 3.63) is 59.7 Å². The Balaban J connectivity index is 2.13. The van der Waals surface area contributed by atoms with Gasteiger partial charge in [-0.15, -0.1) is 0 Å². The highest BCUT2D eigenvalue weighted by molar-refractivity contribution is 5.97. The standard InChI is InChI=1S/C19H23NO2/c1-5-15-10-6-7-12-17(15)20-18(21)19(3,4)22-16-11-8-9-14(2)13-16/h6-13H,5H2,1-4H3,(H,20,21). The van der Waals surface area contributed by atoms with E-state index >= 15 is 0 Å². The zero-order chi connectivity index (χ0) is 16.2. The number of amides is 1. The number of anilines is 1. The van der Waals surface area contributed by atoms with Crippen LogP contribution in [-0.4, -0.2) is 11.5 Å². The van der Waals surface area contributed by atoms with Crippen LogP contribution in [-0.2, 0) is 11.2 Å². The SMILES string of the molecule is CCc1ccccc1NC(=O)C(C)(C)Oc1cccc(C)c1. The van der Waals surface area contributed by atoms with Crippen molar-refractivity contribution in [2.45, 2.75) is 39.7 Å². The van der Waals surface area contributed by atoms with Gasteiger partial charge in [0.2, 0.25) is 0 Å². The van der Waals surface area contributed by atoms with Crippen LogP contribution in [0.4, 0.5) is 5.69 Å². The van der Waals surface area contributed by atoms with Gasteiger partial charge in [-0.1, -0.05) is 37.3 Å². The van der Waals surface area contributed by atoms with E-state index in [1.165, 1.54) is 0 Å². The fourth-order valence-electron chi connectivity index (χ4n) is 2.24. The molecule has 0 saturated heterocycles. The molecule has 0 heterocycles. The lowest BCUT2D eigenvalue weighted by Crippen LogP contribution is -2.42. The molecule has 2 rings (SSSR count). The fourth-order valence-corrected chi connectivity index (χ4v) is 2.24. The number of ether oxygens (including phenoxy) is 1. The monoisotopic (exact) mass is 297 g/mol. The predicted molar refractivity (Wildman–Crippen MR) is 90.3 cm³/mol. The first-order valence-electron chi connectivity index (χ1n) is 7.57. The third kappa shape index (κ3) is 3.88. The minimum atomic E-state index is -0.950. The van der Waals surface area contributed by atoms with Crippen LogP contribution in [0.15, 0.2) is 48.5 Å². The molecule has 3 heteroatoms. The molecule has 0 fully saturated rings. The first-order chi connectivity index (χ1) is 10.4. The Morgan fingerprint density at radius 2 is 1.86 bits per heavy atom. The summed E-state index contributed by atoms with van der Waals surface area (Å²) in [6.07, 6.45) is 0.871. The maximum absolute atomic E-state index is 12.6. The molecular weight excluding hydrogens is 274 g/mol. The van der Waals surface area contributed by atoms with E-state index in [-0.39, 0.29) is 5.91 Å². The zero-order valence-corrected chi connectivity index (χ0v) is 13.6. The van der Waals surface area contributed by atoms with E-state index in [2.05, 4.69) is 12.2 Å². The second kappa shape index (κ2) is 6.65. The first-order valence-corrected chi connectivity index (χ1v) is 7.57. The van der Waals surface area contributed by atoms with E-state index < -0.39 is 5.60 Å². The van der Waals surface area contributed by atoms with Crippen molar-refractivity contribution in [1.82, 2.24) is 0 Å². The number of carbonyl (C=O) groups is 1. The Morgan fingerprint density at radius 3 is 2.55 bits per heavy atom. The lowest BCUT2D eigenvalue weighted by atomic mass is 10.1. The molecule has 0 aliphatic heterocycles. The maximum Gasteiger partial charge on any atom is 0.267 e. The fraction of sp³-hybridized carbons (Fsp3) is 0.316. The van der Waals surface area contributed by atoms with Crippen LogP contribution in [0.25, 0.3) is 0 Å². The highest BCUT2D eigenvalue weighted by Gasteiger charge is 2.30. The van der Waals surface area contributed by atoms with Gasteiger partial charge in [0.25, 0.3) is 5.91 Å². The van der Waals surface area contributed by atoms with E-state index in [0.717, 1.165) is 23.2 Å². The summed E-state index contributed by atoms with van der Waals surface area (Å²) in [6, 6.07) is 15.5. The summed E-state index contributed by atoms with van der Waals surface area (Å²) < 4.78 is 5.88. The van der Waals surface area contributed by atoms with Gasteiger partial charge in [-0.3, -0.25) is 4.79 Å². The molecule has 0 saturated carbocycles. The summed E-state index contributed by atoms with van der Waals surface area (Å²) in [5, 5.41) is 2.97. The van der Waals surface area contributed by atoms with Crippen molar-refractivity contribution < 1.29 is 9.53 Å². The van der Waals surface area contributed by atoms with Crippen LogP contribution in [0, 0.1) is 6.92 Å². The van der Waals surface area contributed by atoms with Gasteiger partial charge in [-0.25, -0.2) is 0 Å². The summed E-state index contributed by atoms with van der Waals surface area (Å²) in [7, 11) is 0. The van der Waals surface area contributed by atoms with Crippen LogP contribution in [0.3, 0.4) is 0 Å². The number of carbonyl (C=O) groups excluding carboxylic acids is 1. The number of rotatable bonds is 5. The minimum Gasteiger partial charge on any atom is -0.478 e. The quantitative estimate of drug-likeness (QED) is 0.890. The Hall–Kier alpha value is -2.29. The Bertz CT molecular complexity index is 662. The number of hydrogen-bond acceptors (Lipinski definition) is 2. The van der Waals surface area contributed by atoms with Gasteiger partial charge in [-0.05, 0) is 56.5 Å². The molecule has 3 nitrogen and oxygen atoms in total. The average molecular weight is 297 g/mol. The van der Waals surface area contributed by atoms with Gasteiger partial charge in [0, 0.05) is 5.69 Å². The van der Waals surface area contributed by atoms with Crippen LogP contribution < -0.4 is 10.1 Å². The summed E-state index contributed by atoms with van der Waals surface area (Å²) in [4.78, 5) is 12.6. The molecule has 0 aliphatic rings. The van der Waals surface area contributed by atoms with Crippen molar-refractivity contribution in [2.24, 2.45) is 0 Å². The molecular formula is C19H23NO2. The Labute approximate surface area is 132 Å². The first kappa shape index (κ1) is 16.1. The molecule has 0 bridgehead atoms. The van der Waals surface area contributed by atoms with Crippen molar-refractivity contribution >= 4 is 11.6 Å². The molecule has 22 heavy (non-hydrogen) atoms. The topological polar surface area (TPSA) is 38.3 Å². The summed E-state index contributed by atoms with van der Waals surface area (Å²) >= 11 is 0. The van der Waals surface area contributed by atoms with Gasteiger partial charge in [0.15, 0.2) is 5.60 Å². The number of benzene rings is 2. The van der Waals surface area contributed by atoms with Crippen molar-refractivity contribution in [3.8, 4) is 5.75 Å². The van der Waals surface area contributed by atoms with E-state index in [9.17, 15) is 4.79 Å². The molecule has 1 amide bonds. The molecule has 2 aromatic carbocycles. The van der Waals surface area contributed by atoms with E-state index in [1.54, 1.807) is 13.8 Å². The molecule has 2 aromatic rings. The summed E-state index contributed by atoms with van der Waals surface area (Å²) in [5.41, 5.74) is 2.11. The average Bonchev–Trinajstić information content (AvgIpc) is 2.47. The van der Waals surface area contributed by atoms with Gasteiger partial charge < -0.3 is 10.1 Å². The van der Waals surface area contributed by atoms with Crippen LogP contribution in [0.2, 0.25) is 0 Å². The van der Waals surface area contributed by atoms with Crippen molar-refractivity contribution in [2.75, 3.05) is 5.32 Å². The summed E-state index contributed by atoms with van der Waals surface area (Å²) in [6.45, 7) is 7.62. The third-order valence-electron chi connectivity index (χ3n) is 3.56. The predicted octanol–water partition coefficient (Wildman–Crippen LogP) is 4.35. The highest BCUT2D eigenvalue weighted by atomic mass is 16.5. The normalized spacial score (nSPS) is 11.1. The molecule has 0 unspecified atom stereocenters. The number of hydrogen-bond donors (Lipinski definition) is 1. The van der Waals surface area contributed by atoms with Gasteiger partial charge in [0.05, 0.1) is 0 Å².